The van der Waals surface area contributed by atoms with Crippen LogP contribution in [0.15, 0.2) is 48.9 Å². The van der Waals surface area contributed by atoms with Crippen molar-refractivity contribution in [2.75, 3.05) is 18.5 Å². The third-order valence-electron chi connectivity index (χ3n) is 7.39. The number of carbonyl (C=O) groups is 1. The number of fused-ring (bicyclic) bond motifs is 1. The average Bonchev–Trinajstić information content (AvgIpc) is 3.73. The Balaban J connectivity index is 1.45. The van der Waals surface area contributed by atoms with E-state index >= 15 is 8.78 Å². The topological polar surface area (TPSA) is 99.5 Å². The van der Waals surface area contributed by atoms with Crippen molar-refractivity contribution >= 4 is 31.0 Å². The molecular weight excluding hydrogens is 608 g/mol. The second-order valence-corrected chi connectivity index (χ2v) is 19.6. The smallest absolute Gasteiger partial charge is 0.407 e. The Labute approximate surface area is 269 Å². The molecule has 1 fully saturated rings. The van der Waals surface area contributed by atoms with E-state index in [2.05, 4.69) is 40.2 Å². The number of hydrogen-bond donors (Lipinski definition) is 2. The molecule has 246 valence electrons. The van der Waals surface area contributed by atoms with Crippen molar-refractivity contribution in [1.82, 2.24) is 19.9 Å². The molecule has 0 aliphatic heterocycles. The molecule has 0 spiro atoms. The zero-order chi connectivity index (χ0) is 33.1. The number of hydrogen-bond acceptors (Lipinski definition) is 7. The number of anilines is 1. The first-order valence-corrected chi connectivity index (χ1v) is 19.3. The Morgan fingerprint density at radius 1 is 1.07 bits per heavy atom. The summed E-state index contributed by atoms with van der Waals surface area (Å²) in [5, 5.41) is 6.52. The normalized spacial score (nSPS) is 13.6. The van der Waals surface area contributed by atoms with Crippen molar-refractivity contribution < 1.29 is 27.8 Å². The van der Waals surface area contributed by atoms with Gasteiger partial charge in [-0.25, -0.2) is 23.5 Å². The number of nitrogens with zero attached hydrogens (tertiary/aromatic N) is 3. The van der Waals surface area contributed by atoms with Crippen LogP contribution < -0.4 is 15.4 Å². The molecule has 4 aromatic rings. The van der Waals surface area contributed by atoms with E-state index in [-0.39, 0.29) is 24.6 Å². The van der Waals surface area contributed by atoms with Crippen molar-refractivity contribution in [3.63, 3.8) is 0 Å². The van der Waals surface area contributed by atoms with Gasteiger partial charge >= 0.3 is 6.09 Å². The molecule has 12 heteroatoms. The molecule has 0 atom stereocenters. The van der Waals surface area contributed by atoms with E-state index in [1.54, 1.807) is 39.2 Å². The highest BCUT2D eigenvalue weighted by molar-refractivity contribution is 6.76. The number of aromatic nitrogens is 3. The summed E-state index contributed by atoms with van der Waals surface area (Å²) in [6, 6.07) is 8.71. The Bertz CT molecular complexity index is 1670. The van der Waals surface area contributed by atoms with Gasteiger partial charge in [0.2, 0.25) is 0 Å². The Morgan fingerprint density at radius 3 is 2.46 bits per heavy atom. The second kappa shape index (κ2) is 13.8. The maximum absolute atomic E-state index is 15.4. The molecule has 1 aliphatic carbocycles. The van der Waals surface area contributed by atoms with Gasteiger partial charge < -0.3 is 29.4 Å². The fraction of sp³-hybridized carbons (Fsp3) is 0.441. The summed E-state index contributed by atoms with van der Waals surface area (Å²) in [5.41, 5.74) is 1.70. The van der Waals surface area contributed by atoms with Gasteiger partial charge in [-0.15, -0.1) is 0 Å². The van der Waals surface area contributed by atoms with Gasteiger partial charge in [0.15, 0.2) is 17.4 Å². The number of rotatable bonds is 13. The molecular formula is C34H43F2N5O4Si. The van der Waals surface area contributed by atoms with Crippen LogP contribution in [0, 0.1) is 17.6 Å². The first kappa shape index (κ1) is 33.3. The van der Waals surface area contributed by atoms with Gasteiger partial charge in [0.1, 0.15) is 29.5 Å². The number of ether oxygens (including phenoxy) is 3. The molecule has 0 radical (unpaired) electrons. The molecule has 1 aromatic carbocycles. The number of amides is 1. The third kappa shape index (κ3) is 9.03. The highest BCUT2D eigenvalue weighted by Gasteiger charge is 2.23. The van der Waals surface area contributed by atoms with E-state index in [1.165, 1.54) is 12.8 Å². The SMILES string of the molecule is CC(C)(C)OC(=O)NCc1cc(F)c(Oc2ccnc3c2c(-c2ccnc(NCC4CC4)c2)cn3COCC[Si](C)(C)C)c(F)c1. The standard InChI is InChI=1S/C34H43F2N5O4Si/c1-34(2,3)45-33(42)40-19-23-15-26(35)31(27(36)16-23)44-28-10-12-38-32-30(28)25(20-41(32)21-43-13-14-46(4,5)6)24-9-11-37-29(17-24)39-18-22-7-8-22/h9-12,15-17,20,22H,7-8,13-14,18-19,21H2,1-6H3,(H,37,39)(H,40,42). The van der Waals surface area contributed by atoms with E-state index in [9.17, 15) is 4.79 Å². The number of halogens is 2. The van der Waals surface area contributed by atoms with Crippen molar-refractivity contribution in [1.29, 1.82) is 0 Å². The molecule has 1 amide bonds. The van der Waals surface area contributed by atoms with Gasteiger partial charge in [-0.1, -0.05) is 19.6 Å². The van der Waals surface area contributed by atoms with Gasteiger partial charge in [0.25, 0.3) is 0 Å². The van der Waals surface area contributed by atoms with Crippen LogP contribution in [0.1, 0.15) is 39.2 Å². The largest absolute Gasteiger partial charge is 0.450 e. The zero-order valence-corrected chi connectivity index (χ0v) is 28.4. The molecule has 0 saturated heterocycles. The Morgan fingerprint density at radius 2 is 1.78 bits per heavy atom. The molecule has 1 saturated carbocycles. The highest BCUT2D eigenvalue weighted by atomic mass is 28.3. The number of nitrogens with one attached hydrogen (secondary N) is 2. The summed E-state index contributed by atoms with van der Waals surface area (Å²) in [5.74, 6) is -0.707. The molecule has 0 bridgehead atoms. The maximum atomic E-state index is 15.4. The van der Waals surface area contributed by atoms with E-state index in [0.29, 0.717) is 23.6 Å². The molecule has 3 heterocycles. The molecule has 9 nitrogen and oxygen atoms in total. The number of benzene rings is 1. The number of alkyl carbamates (subject to hydrolysis) is 1. The summed E-state index contributed by atoms with van der Waals surface area (Å²) < 4.78 is 49.9. The van der Waals surface area contributed by atoms with Crippen LogP contribution in [0.5, 0.6) is 11.5 Å². The quantitative estimate of drug-likeness (QED) is 0.111. The van der Waals surface area contributed by atoms with E-state index < -0.39 is 37.2 Å². The molecule has 0 unspecified atom stereocenters. The molecule has 1 aliphatic rings. The summed E-state index contributed by atoms with van der Waals surface area (Å²) in [6.45, 7) is 13.7. The van der Waals surface area contributed by atoms with Gasteiger partial charge in [-0.2, -0.15) is 0 Å². The monoisotopic (exact) mass is 651 g/mol. The first-order valence-electron chi connectivity index (χ1n) is 15.6. The lowest BCUT2D eigenvalue weighted by molar-refractivity contribution is 0.0523. The fourth-order valence-corrected chi connectivity index (χ4v) is 5.56. The predicted molar refractivity (Wildman–Crippen MR) is 178 cm³/mol. The first-order chi connectivity index (χ1) is 21.8. The predicted octanol–water partition coefficient (Wildman–Crippen LogP) is 8.33. The Hall–Kier alpha value is -4.03. The summed E-state index contributed by atoms with van der Waals surface area (Å²) in [6.07, 6.45) is 6.97. The highest BCUT2D eigenvalue weighted by Crippen LogP contribution is 2.40. The third-order valence-corrected chi connectivity index (χ3v) is 9.10. The summed E-state index contributed by atoms with van der Waals surface area (Å²) in [7, 11) is -1.28. The fourth-order valence-electron chi connectivity index (χ4n) is 4.81. The van der Waals surface area contributed by atoms with Crippen LogP contribution in [-0.4, -0.2) is 47.5 Å². The molecule has 5 rings (SSSR count). The lowest BCUT2D eigenvalue weighted by atomic mass is 10.1. The van der Waals surface area contributed by atoms with Gasteiger partial charge in [-0.05, 0) is 87.0 Å². The zero-order valence-electron chi connectivity index (χ0n) is 27.4. The number of pyridine rings is 2. The maximum Gasteiger partial charge on any atom is 0.407 e. The summed E-state index contributed by atoms with van der Waals surface area (Å²) >= 11 is 0. The van der Waals surface area contributed by atoms with Gasteiger partial charge in [-0.3, -0.25) is 0 Å². The van der Waals surface area contributed by atoms with Crippen LogP contribution in [0.3, 0.4) is 0 Å². The van der Waals surface area contributed by atoms with Gasteiger partial charge in [0.05, 0.1) is 5.39 Å². The lowest BCUT2D eigenvalue weighted by Crippen LogP contribution is -2.32. The van der Waals surface area contributed by atoms with Crippen LogP contribution in [0.2, 0.25) is 25.7 Å². The number of carbonyl (C=O) groups excluding carboxylic acids is 1. The van der Waals surface area contributed by atoms with Crippen molar-refractivity contribution in [2.24, 2.45) is 5.92 Å². The second-order valence-electron chi connectivity index (χ2n) is 14.0. The molecule has 46 heavy (non-hydrogen) atoms. The van der Waals surface area contributed by atoms with Crippen molar-refractivity contribution in [3.05, 3.63) is 66.1 Å². The average molecular weight is 652 g/mol. The summed E-state index contributed by atoms with van der Waals surface area (Å²) in [4.78, 5) is 21.1. The van der Waals surface area contributed by atoms with Gasteiger partial charge in [0, 0.05) is 51.9 Å². The van der Waals surface area contributed by atoms with Crippen molar-refractivity contribution in [3.8, 4) is 22.6 Å². The minimum Gasteiger partial charge on any atom is -0.450 e. The van der Waals surface area contributed by atoms with E-state index in [0.717, 1.165) is 41.7 Å². The minimum atomic E-state index is -1.28. The van der Waals surface area contributed by atoms with Crippen LogP contribution in [-0.2, 0) is 22.7 Å². The Kier molecular flexibility index (Phi) is 9.97. The van der Waals surface area contributed by atoms with Crippen LogP contribution in [0.4, 0.5) is 19.4 Å². The van der Waals surface area contributed by atoms with E-state index in [1.807, 2.05) is 22.9 Å². The minimum absolute atomic E-state index is 0.119. The van der Waals surface area contributed by atoms with Crippen molar-refractivity contribution in [2.45, 2.75) is 78.2 Å². The molecule has 3 aromatic heterocycles. The molecule has 2 N–H and O–H groups in total. The van der Waals surface area contributed by atoms with Crippen LogP contribution >= 0.6 is 0 Å². The van der Waals surface area contributed by atoms with Crippen LogP contribution in [0.25, 0.3) is 22.2 Å². The van der Waals surface area contributed by atoms with E-state index in [4.69, 9.17) is 14.2 Å². The lowest BCUT2D eigenvalue weighted by Gasteiger charge is -2.19.